The summed E-state index contributed by atoms with van der Waals surface area (Å²) in [4.78, 5) is 6.54. The number of ether oxygens (including phenoxy) is 1. The van der Waals surface area contributed by atoms with E-state index in [1.54, 1.807) is 6.20 Å². The molecule has 1 aromatic carbocycles. The molecule has 5 heteroatoms. The summed E-state index contributed by atoms with van der Waals surface area (Å²) in [6.45, 7) is 1.76. The zero-order valence-electron chi connectivity index (χ0n) is 12.9. The molecule has 0 bridgehead atoms. The van der Waals surface area contributed by atoms with Crippen LogP contribution in [0.5, 0.6) is 5.75 Å². The third-order valence-corrected chi connectivity index (χ3v) is 3.43. The first-order valence-corrected chi connectivity index (χ1v) is 7.41. The van der Waals surface area contributed by atoms with Gasteiger partial charge >= 0.3 is 0 Å². The first-order chi connectivity index (χ1) is 10.7. The zero-order chi connectivity index (χ0) is 15.4. The molecule has 5 nitrogen and oxygen atoms in total. The van der Waals surface area contributed by atoms with E-state index in [2.05, 4.69) is 29.1 Å². The van der Waals surface area contributed by atoms with Crippen molar-refractivity contribution in [1.82, 2.24) is 19.7 Å². The van der Waals surface area contributed by atoms with Gasteiger partial charge in [0.15, 0.2) is 5.65 Å². The lowest BCUT2D eigenvalue weighted by atomic mass is 10.3. The van der Waals surface area contributed by atoms with Crippen LogP contribution < -0.4 is 4.74 Å². The van der Waals surface area contributed by atoms with Crippen LogP contribution in [0.25, 0.3) is 16.7 Å². The lowest BCUT2D eigenvalue weighted by Crippen LogP contribution is -2.15. The Morgan fingerprint density at radius 1 is 1.14 bits per heavy atom. The van der Waals surface area contributed by atoms with Crippen LogP contribution in [-0.4, -0.2) is 46.9 Å². The van der Waals surface area contributed by atoms with Crippen LogP contribution in [0, 0.1) is 0 Å². The molecule has 0 unspecified atom stereocenters. The molecule has 22 heavy (non-hydrogen) atoms. The fourth-order valence-electron chi connectivity index (χ4n) is 2.31. The molecule has 0 amide bonds. The Balaban J connectivity index is 1.69. The lowest BCUT2D eigenvalue weighted by molar-refractivity contribution is 0.281. The number of fused-ring (bicyclic) bond motifs is 1. The molecule has 0 N–H and O–H groups in total. The van der Waals surface area contributed by atoms with E-state index in [0.717, 1.165) is 42.0 Å². The van der Waals surface area contributed by atoms with E-state index in [1.807, 2.05) is 47.3 Å². The van der Waals surface area contributed by atoms with Crippen molar-refractivity contribution in [2.45, 2.75) is 6.42 Å². The average Bonchev–Trinajstić information content (AvgIpc) is 2.96. The van der Waals surface area contributed by atoms with E-state index in [0.29, 0.717) is 0 Å². The van der Waals surface area contributed by atoms with Crippen LogP contribution in [-0.2, 0) is 0 Å². The second-order valence-corrected chi connectivity index (χ2v) is 5.47. The molecule has 0 aliphatic carbocycles. The van der Waals surface area contributed by atoms with Gasteiger partial charge in [0.05, 0.1) is 18.5 Å². The van der Waals surface area contributed by atoms with Gasteiger partial charge in [-0.3, -0.25) is 0 Å². The summed E-state index contributed by atoms with van der Waals surface area (Å²) < 4.78 is 7.58. The van der Waals surface area contributed by atoms with Gasteiger partial charge in [-0.1, -0.05) is 0 Å². The second-order valence-electron chi connectivity index (χ2n) is 5.47. The molecule has 0 spiro atoms. The van der Waals surface area contributed by atoms with Crippen molar-refractivity contribution < 1.29 is 4.74 Å². The Hall–Kier alpha value is -2.40. The Kier molecular flexibility index (Phi) is 4.34. The highest BCUT2D eigenvalue weighted by Crippen LogP contribution is 2.19. The largest absolute Gasteiger partial charge is 0.494 e. The number of pyridine rings is 1. The topological polar surface area (TPSA) is 43.2 Å². The number of nitrogens with zero attached hydrogens (tertiary/aromatic N) is 4. The molecule has 0 fully saturated rings. The van der Waals surface area contributed by atoms with Crippen molar-refractivity contribution in [3.05, 3.63) is 48.8 Å². The summed E-state index contributed by atoms with van der Waals surface area (Å²) in [5, 5.41) is 5.43. The van der Waals surface area contributed by atoms with Crippen molar-refractivity contribution >= 4 is 11.0 Å². The van der Waals surface area contributed by atoms with E-state index >= 15 is 0 Å². The number of aromatic nitrogens is 3. The number of hydrogen-bond donors (Lipinski definition) is 0. The van der Waals surface area contributed by atoms with E-state index in [1.165, 1.54) is 0 Å². The standard InChI is InChI=1S/C17H20N4O/c1-20(2)11-4-12-22-16-8-6-15(7-9-16)21-17-14(13-19-21)5-3-10-18-17/h3,5-10,13H,4,11-12H2,1-2H3. The van der Waals surface area contributed by atoms with Gasteiger partial charge in [0.1, 0.15) is 5.75 Å². The van der Waals surface area contributed by atoms with Gasteiger partial charge in [-0.15, -0.1) is 0 Å². The van der Waals surface area contributed by atoms with Gasteiger partial charge in [0.25, 0.3) is 0 Å². The highest BCUT2D eigenvalue weighted by Gasteiger charge is 2.05. The lowest BCUT2D eigenvalue weighted by Gasteiger charge is -2.10. The minimum absolute atomic E-state index is 0.726. The highest BCUT2D eigenvalue weighted by molar-refractivity contribution is 5.75. The maximum atomic E-state index is 5.74. The SMILES string of the molecule is CN(C)CCCOc1ccc(-n2ncc3cccnc32)cc1. The molecule has 3 aromatic rings. The zero-order valence-corrected chi connectivity index (χ0v) is 12.9. The molecule has 0 radical (unpaired) electrons. The van der Waals surface area contributed by atoms with Gasteiger partial charge < -0.3 is 9.64 Å². The van der Waals surface area contributed by atoms with Crippen molar-refractivity contribution in [3.63, 3.8) is 0 Å². The summed E-state index contributed by atoms with van der Waals surface area (Å²) >= 11 is 0. The third kappa shape index (κ3) is 3.26. The van der Waals surface area contributed by atoms with Crippen LogP contribution in [0.3, 0.4) is 0 Å². The van der Waals surface area contributed by atoms with E-state index in [9.17, 15) is 0 Å². The second kappa shape index (κ2) is 6.58. The molecule has 0 saturated carbocycles. The van der Waals surface area contributed by atoms with Gasteiger partial charge in [0.2, 0.25) is 0 Å². The predicted molar refractivity (Wildman–Crippen MR) is 87.5 cm³/mol. The first kappa shape index (κ1) is 14.5. The molecule has 0 aliphatic heterocycles. The van der Waals surface area contributed by atoms with Crippen molar-refractivity contribution in [3.8, 4) is 11.4 Å². The summed E-state index contributed by atoms with van der Waals surface area (Å²) in [6, 6.07) is 11.9. The molecule has 0 saturated heterocycles. The maximum Gasteiger partial charge on any atom is 0.162 e. The molecule has 3 rings (SSSR count). The van der Waals surface area contributed by atoms with Gasteiger partial charge in [0, 0.05) is 18.1 Å². The molecule has 114 valence electrons. The Morgan fingerprint density at radius 2 is 1.95 bits per heavy atom. The monoisotopic (exact) mass is 296 g/mol. The Morgan fingerprint density at radius 3 is 2.73 bits per heavy atom. The normalized spacial score (nSPS) is 11.2. The van der Waals surface area contributed by atoms with Crippen LogP contribution in [0.4, 0.5) is 0 Å². The average molecular weight is 296 g/mol. The molecule has 2 aromatic heterocycles. The van der Waals surface area contributed by atoms with Crippen LogP contribution in [0.2, 0.25) is 0 Å². The molecular formula is C17H20N4O. The fourth-order valence-corrected chi connectivity index (χ4v) is 2.31. The quantitative estimate of drug-likeness (QED) is 0.656. The van der Waals surface area contributed by atoms with Crippen LogP contribution >= 0.6 is 0 Å². The smallest absolute Gasteiger partial charge is 0.162 e. The van der Waals surface area contributed by atoms with Gasteiger partial charge in [-0.25, -0.2) is 9.67 Å². The number of hydrogen-bond acceptors (Lipinski definition) is 4. The molecule has 2 heterocycles. The molecule has 0 atom stereocenters. The third-order valence-electron chi connectivity index (χ3n) is 3.43. The van der Waals surface area contributed by atoms with Crippen molar-refractivity contribution in [2.75, 3.05) is 27.2 Å². The summed E-state index contributed by atoms with van der Waals surface area (Å²) in [7, 11) is 4.13. The van der Waals surface area contributed by atoms with E-state index < -0.39 is 0 Å². The minimum atomic E-state index is 0.726. The van der Waals surface area contributed by atoms with Gasteiger partial charge in [-0.2, -0.15) is 5.10 Å². The fraction of sp³-hybridized carbons (Fsp3) is 0.294. The number of benzene rings is 1. The van der Waals surface area contributed by atoms with Crippen molar-refractivity contribution in [2.24, 2.45) is 0 Å². The first-order valence-electron chi connectivity index (χ1n) is 7.41. The summed E-state index contributed by atoms with van der Waals surface area (Å²) in [5.41, 5.74) is 1.84. The number of rotatable bonds is 6. The summed E-state index contributed by atoms with van der Waals surface area (Å²) in [6.07, 6.45) is 4.62. The Labute approximate surface area is 130 Å². The maximum absolute atomic E-state index is 5.74. The molecule has 0 aliphatic rings. The van der Waals surface area contributed by atoms with Crippen molar-refractivity contribution in [1.29, 1.82) is 0 Å². The summed E-state index contributed by atoms with van der Waals surface area (Å²) in [5.74, 6) is 0.881. The van der Waals surface area contributed by atoms with Crippen LogP contribution in [0.15, 0.2) is 48.8 Å². The van der Waals surface area contributed by atoms with E-state index in [4.69, 9.17) is 4.74 Å². The van der Waals surface area contributed by atoms with E-state index in [-0.39, 0.29) is 0 Å². The Bertz CT molecular complexity index is 734. The van der Waals surface area contributed by atoms with Gasteiger partial charge in [-0.05, 0) is 56.9 Å². The highest BCUT2D eigenvalue weighted by atomic mass is 16.5. The predicted octanol–water partition coefficient (Wildman–Crippen LogP) is 2.75. The minimum Gasteiger partial charge on any atom is -0.494 e. The van der Waals surface area contributed by atoms with Crippen LogP contribution in [0.1, 0.15) is 6.42 Å². The molecular weight excluding hydrogens is 276 g/mol.